The molecular weight excluding hydrogens is 455 g/mol. The molecular formula is C20H33IN4O2. The number of guanidine groups is 1. The first-order chi connectivity index (χ1) is 12.6. The number of nitrogens with zero attached hydrogens (tertiary/aromatic N) is 3. The summed E-state index contributed by atoms with van der Waals surface area (Å²) in [4.78, 5) is 9.28. The maximum atomic E-state index is 6.18. The Bertz CT molecular complexity index is 645. The van der Waals surface area contributed by atoms with Gasteiger partial charge in [0.15, 0.2) is 17.5 Å². The van der Waals surface area contributed by atoms with Gasteiger partial charge in [0.05, 0.1) is 20.8 Å². The molecule has 3 rings (SSSR count). The Morgan fingerprint density at radius 2 is 1.74 bits per heavy atom. The molecule has 0 unspecified atom stereocenters. The highest BCUT2D eigenvalue weighted by molar-refractivity contribution is 14.0. The summed E-state index contributed by atoms with van der Waals surface area (Å²) in [6.45, 7) is 8.03. The van der Waals surface area contributed by atoms with E-state index in [4.69, 9.17) is 15.2 Å². The fraction of sp³-hybridized carbons (Fsp3) is 0.650. The maximum Gasteiger partial charge on any atom is 0.191 e. The van der Waals surface area contributed by atoms with Crippen LogP contribution in [0.25, 0.3) is 0 Å². The number of benzene rings is 1. The molecule has 2 N–H and O–H groups in total. The largest absolute Gasteiger partial charge is 0.493 e. The second-order valence-corrected chi connectivity index (χ2v) is 7.41. The minimum atomic E-state index is 0. The van der Waals surface area contributed by atoms with Crippen LogP contribution in [0.3, 0.4) is 0 Å². The SMILES string of the molecule is COc1cc2c(cc1OC)CN(CCN=C(N)N1CCC(C)CC1)CC2.I. The molecule has 0 bridgehead atoms. The Labute approximate surface area is 180 Å². The molecule has 1 aromatic carbocycles. The van der Waals surface area contributed by atoms with Crippen LogP contribution >= 0.6 is 24.0 Å². The lowest BCUT2D eigenvalue weighted by Crippen LogP contribution is -2.43. The lowest BCUT2D eigenvalue weighted by Gasteiger charge is -2.31. The molecule has 152 valence electrons. The summed E-state index contributed by atoms with van der Waals surface area (Å²) in [5.74, 6) is 3.13. The molecule has 7 heteroatoms. The minimum absolute atomic E-state index is 0. The van der Waals surface area contributed by atoms with Crippen molar-refractivity contribution in [3.63, 3.8) is 0 Å². The van der Waals surface area contributed by atoms with Crippen molar-refractivity contribution >= 4 is 29.9 Å². The molecule has 1 aromatic rings. The number of halogens is 1. The number of hydrogen-bond donors (Lipinski definition) is 1. The van der Waals surface area contributed by atoms with Crippen LogP contribution in [0.4, 0.5) is 0 Å². The third-order valence-corrected chi connectivity index (χ3v) is 5.59. The maximum absolute atomic E-state index is 6.18. The van der Waals surface area contributed by atoms with Crippen LogP contribution in [0.2, 0.25) is 0 Å². The standard InChI is InChI=1S/C20H32N4O2.HI/c1-15-4-9-24(10-5-15)20(21)22-7-11-23-8-6-16-12-18(25-2)19(26-3)13-17(16)14-23;/h12-13,15H,4-11,14H2,1-3H3,(H2,21,22);1H. The van der Waals surface area contributed by atoms with Crippen LogP contribution in [-0.2, 0) is 13.0 Å². The van der Waals surface area contributed by atoms with E-state index in [-0.39, 0.29) is 24.0 Å². The molecule has 1 fully saturated rings. The summed E-state index contributed by atoms with van der Waals surface area (Å²) >= 11 is 0. The van der Waals surface area contributed by atoms with Gasteiger partial charge in [-0.15, -0.1) is 24.0 Å². The van der Waals surface area contributed by atoms with Gasteiger partial charge >= 0.3 is 0 Å². The summed E-state index contributed by atoms with van der Waals surface area (Å²) in [5, 5.41) is 0. The van der Waals surface area contributed by atoms with E-state index in [0.29, 0.717) is 5.96 Å². The van der Waals surface area contributed by atoms with Crippen molar-refractivity contribution in [2.24, 2.45) is 16.6 Å². The van der Waals surface area contributed by atoms with Gasteiger partial charge in [0, 0.05) is 32.7 Å². The smallest absolute Gasteiger partial charge is 0.191 e. The van der Waals surface area contributed by atoms with Crippen molar-refractivity contribution in [2.45, 2.75) is 32.7 Å². The third kappa shape index (κ3) is 5.63. The first-order valence-electron chi connectivity index (χ1n) is 9.61. The Hall–Kier alpha value is -1.22. The van der Waals surface area contributed by atoms with E-state index in [2.05, 4.69) is 33.8 Å². The molecule has 2 heterocycles. The van der Waals surface area contributed by atoms with Gasteiger partial charge < -0.3 is 20.1 Å². The van der Waals surface area contributed by atoms with Crippen molar-refractivity contribution in [3.8, 4) is 11.5 Å². The van der Waals surface area contributed by atoms with Gasteiger partial charge in [-0.3, -0.25) is 9.89 Å². The molecule has 27 heavy (non-hydrogen) atoms. The second-order valence-electron chi connectivity index (χ2n) is 7.41. The average Bonchev–Trinajstić information content (AvgIpc) is 2.67. The zero-order valence-electron chi connectivity index (χ0n) is 16.7. The third-order valence-electron chi connectivity index (χ3n) is 5.59. The van der Waals surface area contributed by atoms with Crippen LogP contribution in [0.5, 0.6) is 11.5 Å². The molecule has 0 atom stereocenters. The average molecular weight is 488 g/mol. The van der Waals surface area contributed by atoms with E-state index in [1.165, 1.54) is 24.0 Å². The van der Waals surface area contributed by atoms with Gasteiger partial charge in [0.1, 0.15) is 0 Å². The van der Waals surface area contributed by atoms with Gasteiger partial charge in [0.2, 0.25) is 0 Å². The Morgan fingerprint density at radius 1 is 1.11 bits per heavy atom. The zero-order valence-corrected chi connectivity index (χ0v) is 19.1. The van der Waals surface area contributed by atoms with Crippen LogP contribution in [0, 0.1) is 5.92 Å². The van der Waals surface area contributed by atoms with Crippen molar-refractivity contribution < 1.29 is 9.47 Å². The molecule has 0 amide bonds. The number of piperidine rings is 1. The van der Waals surface area contributed by atoms with Crippen molar-refractivity contribution in [2.75, 3.05) is 46.9 Å². The van der Waals surface area contributed by atoms with Crippen molar-refractivity contribution in [3.05, 3.63) is 23.3 Å². The van der Waals surface area contributed by atoms with Crippen molar-refractivity contribution in [1.82, 2.24) is 9.80 Å². The topological polar surface area (TPSA) is 63.3 Å². The predicted molar refractivity (Wildman–Crippen MR) is 120 cm³/mol. The van der Waals surface area contributed by atoms with Gasteiger partial charge in [-0.25, -0.2) is 0 Å². The van der Waals surface area contributed by atoms with E-state index in [0.717, 1.165) is 63.1 Å². The van der Waals surface area contributed by atoms with Crippen LogP contribution in [0.15, 0.2) is 17.1 Å². The molecule has 2 aliphatic rings. The molecule has 6 nitrogen and oxygen atoms in total. The molecule has 0 spiro atoms. The lowest BCUT2D eigenvalue weighted by molar-refractivity contribution is 0.257. The predicted octanol–water partition coefficient (Wildman–Crippen LogP) is 2.73. The molecule has 0 aliphatic carbocycles. The van der Waals surface area contributed by atoms with Crippen LogP contribution in [0.1, 0.15) is 30.9 Å². The number of ether oxygens (including phenoxy) is 2. The molecule has 0 aromatic heterocycles. The van der Waals surface area contributed by atoms with E-state index in [9.17, 15) is 0 Å². The summed E-state index contributed by atoms with van der Waals surface area (Å²) in [7, 11) is 3.37. The Morgan fingerprint density at radius 3 is 2.37 bits per heavy atom. The number of rotatable bonds is 5. The summed E-state index contributed by atoms with van der Waals surface area (Å²) in [6, 6.07) is 4.21. The fourth-order valence-corrected chi connectivity index (χ4v) is 3.78. The zero-order chi connectivity index (χ0) is 18.5. The van der Waals surface area contributed by atoms with E-state index in [1.54, 1.807) is 14.2 Å². The van der Waals surface area contributed by atoms with Crippen molar-refractivity contribution in [1.29, 1.82) is 0 Å². The van der Waals surface area contributed by atoms with E-state index < -0.39 is 0 Å². The number of methoxy groups -OCH3 is 2. The van der Waals surface area contributed by atoms with Gasteiger partial charge in [0.25, 0.3) is 0 Å². The number of aliphatic imine (C=N–C) groups is 1. The van der Waals surface area contributed by atoms with Gasteiger partial charge in [-0.1, -0.05) is 6.92 Å². The molecule has 0 saturated carbocycles. The molecule has 0 radical (unpaired) electrons. The second kappa shape index (κ2) is 10.4. The Kier molecular flexibility index (Phi) is 8.47. The lowest BCUT2D eigenvalue weighted by atomic mass is 9.99. The molecule has 1 saturated heterocycles. The number of fused-ring (bicyclic) bond motifs is 1. The highest BCUT2D eigenvalue weighted by atomic mass is 127. The monoisotopic (exact) mass is 488 g/mol. The normalized spacial score (nSPS) is 18.6. The number of hydrogen-bond acceptors (Lipinski definition) is 4. The number of likely N-dealkylation sites (tertiary alicyclic amines) is 1. The first kappa shape index (κ1) is 22.1. The highest BCUT2D eigenvalue weighted by Gasteiger charge is 2.20. The van der Waals surface area contributed by atoms with Gasteiger partial charge in [-0.05, 0) is 48.4 Å². The first-order valence-corrected chi connectivity index (χ1v) is 9.61. The number of nitrogens with two attached hydrogens (primary N) is 1. The van der Waals surface area contributed by atoms with E-state index >= 15 is 0 Å². The quantitative estimate of drug-likeness (QED) is 0.393. The van der Waals surface area contributed by atoms with Crippen LogP contribution in [-0.4, -0.2) is 62.7 Å². The summed E-state index contributed by atoms with van der Waals surface area (Å²) < 4.78 is 10.8. The van der Waals surface area contributed by atoms with Gasteiger partial charge in [-0.2, -0.15) is 0 Å². The highest BCUT2D eigenvalue weighted by Crippen LogP contribution is 2.33. The van der Waals surface area contributed by atoms with Crippen LogP contribution < -0.4 is 15.2 Å². The summed E-state index contributed by atoms with van der Waals surface area (Å²) in [6.07, 6.45) is 3.45. The molecule has 2 aliphatic heterocycles. The fourth-order valence-electron chi connectivity index (χ4n) is 3.78. The van der Waals surface area contributed by atoms with E-state index in [1.807, 2.05) is 0 Å². The Balaban J connectivity index is 0.00000261. The summed E-state index contributed by atoms with van der Waals surface area (Å²) in [5.41, 5.74) is 8.85. The minimum Gasteiger partial charge on any atom is -0.493 e.